The largest absolute Gasteiger partial charge is 0.493 e. The Bertz CT molecular complexity index is 786. The van der Waals surface area contributed by atoms with Crippen LogP contribution < -0.4 is 4.74 Å². The first-order valence-electron chi connectivity index (χ1n) is 10.3. The van der Waals surface area contributed by atoms with Gasteiger partial charge in [-0.2, -0.15) is 0 Å². The summed E-state index contributed by atoms with van der Waals surface area (Å²) in [6, 6.07) is 6.42. The summed E-state index contributed by atoms with van der Waals surface area (Å²) in [5, 5.41) is 8.37. The molecule has 1 aliphatic carbocycles. The monoisotopic (exact) mass is 386 g/mol. The smallest absolute Gasteiger partial charge is 0.276 e. The molecule has 0 spiro atoms. The minimum absolute atomic E-state index is 0.0476. The molecule has 0 bridgehead atoms. The molecule has 6 nitrogen and oxygen atoms in total. The molecule has 1 amide bonds. The van der Waals surface area contributed by atoms with E-state index >= 15 is 0 Å². The molecule has 1 unspecified atom stereocenters. The zero-order valence-corrected chi connectivity index (χ0v) is 16.1. The number of amides is 1. The molecule has 1 aliphatic heterocycles. The second kappa shape index (κ2) is 8.71. The first-order chi connectivity index (χ1) is 13.7. The number of piperidine rings is 1. The number of aromatic nitrogens is 3. The minimum Gasteiger partial charge on any atom is -0.493 e. The van der Waals surface area contributed by atoms with Gasteiger partial charge in [0.05, 0.1) is 18.8 Å². The lowest BCUT2D eigenvalue weighted by atomic mass is 9.96. The molecule has 2 aromatic rings. The van der Waals surface area contributed by atoms with Crippen LogP contribution in [0.1, 0.15) is 61.5 Å². The Morgan fingerprint density at radius 3 is 2.68 bits per heavy atom. The normalized spacial score (nSPS) is 20.9. The molecule has 1 saturated heterocycles. The SMILES string of the molecule is O=C(c1cn(C2CCCCC2)nn1)N1CCCC(COc2ccc(F)cc2)C1. The van der Waals surface area contributed by atoms with Crippen molar-refractivity contribution in [2.45, 2.75) is 51.0 Å². The van der Waals surface area contributed by atoms with Gasteiger partial charge in [0.15, 0.2) is 5.69 Å². The first kappa shape index (κ1) is 18.9. The van der Waals surface area contributed by atoms with Crippen molar-refractivity contribution < 1.29 is 13.9 Å². The highest BCUT2D eigenvalue weighted by molar-refractivity contribution is 5.92. The molecule has 1 aromatic carbocycles. The number of carbonyl (C=O) groups is 1. The Hall–Kier alpha value is -2.44. The first-order valence-corrected chi connectivity index (χ1v) is 10.3. The van der Waals surface area contributed by atoms with Crippen LogP contribution in [0.2, 0.25) is 0 Å². The fourth-order valence-electron chi connectivity index (χ4n) is 4.19. The van der Waals surface area contributed by atoms with Gasteiger partial charge in [0.25, 0.3) is 5.91 Å². The summed E-state index contributed by atoms with van der Waals surface area (Å²) < 4.78 is 20.7. The molecule has 2 heterocycles. The van der Waals surface area contributed by atoms with Crippen molar-refractivity contribution in [2.75, 3.05) is 19.7 Å². The maximum Gasteiger partial charge on any atom is 0.276 e. The number of likely N-dealkylation sites (tertiary alicyclic amines) is 1. The molecular weight excluding hydrogens is 359 g/mol. The van der Waals surface area contributed by atoms with Crippen LogP contribution in [0.5, 0.6) is 5.75 Å². The van der Waals surface area contributed by atoms with Crippen LogP contribution in [0.25, 0.3) is 0 Å². The molecule has 2 aliphatic rings. The number of ether oxygens (including phenoxy) is 1. The Morgan fingerprint density at radius 2 is 1.89 bits per heavy atom. The van der Waals surface area contributed by atoms with Crippen LogP contribution in [0.4, 0.5) is 4.39 Å². The second-order valence-electron chi connectivity index (χ2n) is 7.90. The third-order valence-corrected chi connectivity index (χ3v) is 5.78. The zero-order valence-electron chi connectivity index (χ0n) is 16.1. The lowest BCUT2D eigenvalue weighted by Crippen LogP contribution is -2.41. The number of rotatable bonds is 5. The van der Waals surface area contributed by atoms with Gasteiger partial charge < -0.3 is 9.64 Å². The standard InChI is InChI=1S/C21H27FN4O2/c22-17-8-10-19(11-9-17)28-15-16-5-4-12-25(13-16)21(27)20-14-26(24-23-20)18-6-2-1-3-7-18/h8-11,14,16,18H,1-7,12-13,15H2. The Labute approximate surface area is 164 Å². The van der Waals surface area contributed by atoms with E-state index < -0.39 is 0 Å². The van der Waals surface area contributed by atoms with Gasteiger partial charge in [-0.05, 0) is 49.9 Å². The van der Waals surface area contributed by atoms with E-state index in [2.05, 4.69) is 10.3 Å². The molecule has 2 fully saturated rings. The fourth-order valence-corrected chi connectivity index (χ4v) is 4.19. The van der Waals surface area contributed by atoms with Crippen molar-refractivity contribution in [3.05, 3.63) is 42.0 Å². The van der Waals surface area contributed by atoms with Crippen molar-refractivity contribution in [3.63, 3.8) is 0 Å². The molecular formula is C21H27FN4O2. The van der Waals surface area contributed by atoms with Crippen molar-refractivity contribution >= 4 is 5.91 Å². The van der Waals surface area contributed by atoms with Gasteiger partial charge in [-0.25, -0.2) is 9.07 Å². The average Bonchev–Trinajstić information content (AvgIpc) is 3.24. The molecule has 0 N–H and O–H groups in total. The van der Waals surface area contributed by atoms with Gasteiger partial charge in [-0.15, -0.1) is 5.10 Å². The highest BCUT2D eigenvalue weighted by Crippen LogP contribution is 2.27. The average molecular weight is 386 g/mol. The second-order valence-corrected chi connectivity index (χ2v) is 7.90. The van der Waals surface area contributed by atoms with E-state index in [-0.39, 0.29) is 17.6 Å². The summed E-state index contributed by atoms with van der Waals surface area (Å²) in [5.41, 5.74) is 0.436. The number of halogens is 1. The van der Waals surface area contributed by atoms with E-state index in [1.54, 1.807) is 12.1 Å². The highest BCUT2D eigenvalue weighted by Gasteiger charge is 2.27. The van der Waals surface area contributed by atoms with E-state index in [4.69, 9.17) is 4.74 Å². The predicted octanol–water partition coefficient (Wildman–Crippen LogP) is 3.85. The van der Waals surface area contributed by atoms with Crippen molar-refractivity contribution in [1.82, 2.24) is 19.9 Å². The summed E-state index contributed by atoms with van der Waals surface area (Å²) in [6.45, 7) is 1.91. The van der Waals surface area contributed by atoms with Crippen molar-refractivity contribution in [3.8, 4) is 5.75 Å². The van der Waals surface area contributed by atoms with Gasteiger partial charge >= 0.3 is 0 Å². The number of nitrogens with zero attached hydrogens (tertiary/aromatic N) is 4. The fraction of sp³-hybridized carbons (Fsp3) is 0.571. The predicted molar refractivity (Wildman–Crippen MR) is 103 cm³/mol. The minimum atomic E-state index is -0.275. The zero-order chi connectivity index (χ0) is 19.3. The number of carbonyl (C=O) groups excluding carboxylic acids is 1. The molecule has 1 atom stereocenters. The number of hydrogen-bond acceptors (Lipinski definition) is 4. The summed E-state index contributed by atoms with van der Waals surface area (Å²) in [6.07, 6.45) is 9.72. The van der Waals surface area contributed by atoms with Crippen LogP contribution in [0.15, 0.2) is 30.5 Å². The van der Waals surface area contributed by atoms with Crippen LogP contribution >= 0.6 is 0 Å². The van der Waals surface area contributed by atoms with E-state index in [9.17, 15) is 9.18 Å². The van der Waals surface area contributed by atoms with E-state index in [1.807, 2.05) is 15.8 Å². The Balaban J connectivity index is 1.32. The van der Waals surface area contributed by atoms with Gasteiger partial charge in [0, 0.05) is 19.0 Å². The van der Waals surface area contributed by atoms with Crippen LogP contribution in [-0.2, 0) is 0 Å². The molecule has 7 heteroatoms. The molecule has 4 rings (SSSR count). The van der Waals surface area contributed by atoms with Crippen molar-refractivity contribution in [1.29, 1.82) is 0 Å². The third kappa shape index (κ3) is 4.51. The Kier molecular flexibility index (Phi) is 5.88. The maximum absolute atomic E-state index is 13.0. The van der Waals surface area contributed by atoms with Crippen LogP contribution in [-0.4, -0.2) is 45.5 Å². The third-order valence-electron chi connectivity index (χ3n) is 5.78. The summed E-state index contributed by atoms with van der Waals surface area (Å²) in [4.78, 5) is 14.7. The van der Waals surface area contributed by atoms with E-state index in [0.717, 1.165) is 32.2 Å². The Morgan fingerprint density at radius 1 is 1.11 bits per heavy atom. The molecule has 28 heavy (non-hydrogen) atoms. The molecule has 150 valence electrons. The summed E-state index contributed by atoms with van der Waals surface area (Å²) in [7, 11) is 0. The van der Waals surface area contributed by atoms with Gasteiger partial charge in [0.2, 0.25) is 0 Å². The van der Waals surface area contributed by atoms with E-state index in [0.29, 0.717) is 30.6 Å². The molecule has 1 saturated carbocycles. The van der Waals surface area contributed by atoms with Crippen LogP contribution in [0, 0.1) is 11.7 Å². The lowest BCUT2D eigenvalue weighted by molar-refractivity contribution is 0.0627. The highest BCUT2D eigenvalue weighted by atomic mass is 19.1. The lowest BCUT2D eigenvalue weighted by Gasteiger charge is -2.32. The molecule has 1 aromatic heterocycles. The maximum atomic E-state index is 13.0. The van der Waals surface area contributed by atoms with Gasteiger partial charge in [0.1, 0.15) is 11.6 Å². The quantitative estimate of drug-likeness (QED) is 0.783. The topological polar surface area (TPSA) is 60.2 Å². The number of benzene rings is 1. The molecule has 0 radical (unpaired) electrons. The van der Waals surface area contributed by atoms with E-state index in [1.165, 1.54) is 31.4 Å². The summed E-state index contributed by atoms with van der Waals surface area (Å²) in [5.74, 6) is 0.591. The summed E-state index contributed by atoms with van der Waals surface area (Å²) >= 11 is 0. The van der Waals surface area contributed by atoms with Crippen LogP contribution in [0.3, 0.4) is 0 Å². The van der Waals surface area contributed by atoms with Crippen molar-refractivity contribution in [2.24, 2.45) is 5.92 Å². The number of hydrogen-bond donors (Lipinski definition) is 0. The van der Waals surface area contributed by atoms with Gasteiger partial charge in [-0.3, -0.25) is 4.79 Å². The van der Waals surface area contributed by atoms with Gasteiger partial charge in [-0.1, -0.05) is 24.5 Å².